The fourth-order valence-electron chi connectivity index (χ4n) is 2.56. The summed E-state index contributed by atoms with van der Waals surface area (Å²) in [7, 11) is 0. The van der Waals surface area contributed by atoms with Gasteiger partial charge in [-0.2, -0.15) is 0 Å². The summed E-state index contributed by atoms with van der Waals surface area (Å²) < 4.78 is 47.4. The predicted molar refractivity (Wildman–Crippen MR) is 92.8 cm³/mol. The van der Waals surface area contributed by atoms with E-state index in [0.717, 1.165) is 16.8 Å². The van der Waals surface area contributed by atoms with Crippen LogP contribution in [0.4, 0.5) is 13.2 Å². The molecule has 3 aromatic heterocycles. The Morgan fingerprint density at radius 2 is 1.85 bits per heavy atom. The van der Waals surface area contributed by atoms with Gasteiger partial charge < -0.3 is 4.74 Å². The average molecular weight is 396 g/mol. The van der Waals surface area contributed by atoms with Crippen LogP contribution in [-0.4, -0.2) is 14.5 Å². The Hall–Kier alpha value is -2.87. The third-order valence-corrected chi connectivity index (χ3v) is 4.07. The first-order chi connectivity index (χ1) is 12.8. The Kier molecular flexibility index (Phi) is 5.18. The van der Waals surface area contributed by atoms with Crippen molar-refractivity contribution in [1.82, 2.24) is 14.5 Å². The van der Waals surface area contributed by atoms with Gasteiger partial charge in [0.2, 0.25) is 0 Å². The van der Waals surface area contributed by atoms with Crippen molar-refractivity contribution < 1.29 is 17.9 Å². The molecule has 0 saturated carbocycles. The summed E-state index contributed by atoms with van der Waals surface area (Å²) in [4.78, 5) is 19.8. The highest BCUT2D eigenvalue weighted by molar-refractivity contribution is 6.29. The van der Waals surface area contributed by atoms with Crippen molar-refractivity contribution in [3.8, 4) is 11.4 Å². The first-order valence-corrected chi connectivity index (χ1v) is 8.13. The lowest BCUT2D eigenvalue weighted by atomic mass is 10.2. The van der Waals surface area contributed by atoms with Gasteiger partial charge in [-0.1, -0.05) is 11.6 Å². The minimum atomic E-state index is -0.857. The van der Waals surface area contributed by atoms with Crippen molar-refractivity contribution in [3.63, 3.8) is 0 Å². The molecule has 3 heterocycles. The van der Waals surface area contributed by atoms with E-state index in [4.69, 9.17) is 16.3 Å². The molecule has 0 bridgehead atoms. The molecule has 0 aliphatic rings. The molecule has 0 spiro atoms. The van der Waals surface area contributed by atoms with E-state index in [0.29, 0.717) is 17.3 Å². The Morgan fingerprint density at radius 3 is 2.52 bits per heavy atom. The first kappa shape index (κ1) is 18.9. The number of ether oxygens (including phenoxy) is 1. The van der Waals surface area contributed by atoms with E-state index in [1.807, 2.05) is 0 Å². The van der Waals surface area contributed by atoms with Gasteiger partial charge >= 0.3 is 0 Å². The van der Waals surface area contributed by atoms with E-state index in [-0.39, 0.29) is 28.9 Å². The van der Waals surface area contributed by atoms with Crippen LogP contribution in [0.5, 0.6) is 5.75 Å². The topological polar surface area (TPSA) is 57.0 Å². The van der Waals surface area contributed by atoms with Gasteiger partial charge in [0.25, 0.3) is 5.56 Å². The summed E-state index contributed by atoms with van der Waals surface area (Å²) in [6, 6.07) is 3.30. The Bertz CT molecular complexity index is 1090. The number of rotatable bonds is 4. The van der Waals surface area contributed by atoms with Crippen LogP contribution in [0.2, 0.25) is 5.15 Å². The number of hydrogen-bond acceptors (Lipinski definition) is 4. The highest BCUT2D eigenvalue weighted by Crippen LogP contribution is 2.24. The predicted octanol–water partition coefficient (Wildman–Crippen LogP) is 3.89. The van der Waals surface area contributed by atoms with Crippen LogP contribution in [0.1, 0.15) is 17.0 Å². The summed E-state index contributed by atoms with van der Waals surface area (Å²) in [5.74, 6) is -2.34. The normalized spacial score (nSPS) is 10.9. The average Bonchev–Trinajstić information content (AvgIpc) is 2.60. The van der Waals surface area contributed by atoms with Crippen molar-refractivity contribution in [1.29, 1.82) is 0 Å². The molecule has 0 radical (unpaired) electrons. The van der Waals surface area contributed by atoms with Gasteiger partial charge in [0.15, 0.2) is 16.8 Å². The summed E-state index contributed by atoms with van der Waals surface area (Å²) in [5, 5.41) is -0.347. The molecular weight excluding hydrogens is 383 g/mol. The van der Waals surface area contributed by atoms with Gasteiger partial charge in [-0.05, 0) is 19.4 Å². The van der Waals surface area contributed by atoms with Gasteiger partial charge in [0.1, 0.15) is 23.9 Å². The number of nitrogens with zero attached hydrogens (tertiary/aromatic N) is 3. The lowest BCUT2D eigenvalue weighted by molar-refractivity contribution is 0.292. The SMILES string of the molecule is Cc1cnc(Cl)c(F)c1-n1c(C)cc(OCc2ncc(F)cc2F)cc1=O. The molecule has 3 aromatic rings. The summed E-state index contributed by atoms with van der Waals surface area (Å²) in [5.41, 5.74) is 0.112. The van der Waals surface area contributed by atoms with Crippen LogP contribution in [0, 0.1) is 31.3 Å². The maximum Gasteiger partial charge on any atom is 0.259 e. The van der Waals surface area contributed by atoms with Crippen molar-refractivity contribution in [3.05, 3.63) is 80.5 Å². The zero-order chi connectivity index (χ0) is 19.7. The standard InChI is InChI=1S/C18H13ClF3N3O2/c1-9-6-24-18(19)16(22)17(9)25-10(2)3-12(5-15(25)26)27-8-14-13(21)4-11(20)7-23-14/h3-7H,8H2,1-2H3. The molecule has 0 saturated heterocycles. The quantitative estimate of drug-likeness (QED) is 0.629. The van der Waals surface area contributed by atoms with E-state index in [2.05, 4.69) is 9.97 Å². The highest BCUT2D eigenvalue weighted by Gasteiger charge is 2.17. The molecule has 0 fully saturated rings. The molecule has 0 atom stereocenters. The van der Waals surface area contributed by atoms with Crippen LogP contribution >= 0.6 is 11.6 Å². The summed E-state index contributed by atoms with van der Waals surface area (Å²) >= 11 is 5.72. The van der Waals surface area contributed by atoms with E-state index in [9.17, 15) is 18.0 Å². The maximum atomic E-state index is 14.4. The Balaban J connectivity index is 1.94. The Morgan fingerprint density at radius 1 is 1.11 bits per heavy atom. The summed E-state index contributed by atoms with van der Waals surface area (Å²) in [6.07, 6.45) is 2.23. The van der Waals surface area contributed by atoms with Crippen LogP contribution in [0.3, 0.4) is 0 Å². The molecule has 0 aliphatic heterocycles. The van der Waals surface area contributed by atoms with Crippen molar-refractivity contribution in [2.45, 2.75) is 20.5 Å². The van der Waals surface area contributed by atoms with Gasteiger partial charge in [0, 0.05) is 30.1 Å². The van der Waals surface area contributed by atoms with Crippen molar-refractivity contribution in [2.75, 3.05) is 0 Å². The zero-order valence-corrected chi connectivity index (χ0v) is 15.0. The van der Waals surface area contributed by atoms with E-state index in [1.54, 1.807) is 13.8 Å². The van der Waals surface area contributed by atoms with Gasteiger partial charge in [-0.25, -0.2) is 18.2 Å². The second-order valence-electron chi connectivity index (χ2n) is 5.77. The molecule has 9 heteroatoms. The minimum absolute atomic E-state index is 0.00436. The molecule has 140 valence electrons. The fraction of sp³-hybridized carbons (Fsp3) is 0.167. The Labute approximate surface area is 157 Å². The second kappa shape index (κ2) is 7.40. The summed E-state index contributed by atoms with van der Waals surface area (Å²) in [6.45, 7) is 2.88. The van der Waals surface area contributed by atoms with E-state index in [1.165, 1.54) is 12.3 Å². The van der Waals surface area contributed by atoms with Gasteiger partial charge in [0.05, 0.1) is 11.9 Å². The van der Waals surface area contributed by atoms with Gasteiger partial charge in [-0.3, -0.25) is 14.3 Å². The second-order valence-corrected chi connectivity index (χ2v) is 6.13. The number of halogens is 4. The molecule has 3 rings (SSSR count). The third-order valence-electron chi connectivity index (χ3n) is 3.81. The van der Waals surface area contributed by atoms with Crippen LogP contribution in [-0.2, 0) is 6.61 Å². The van der Waals surface area contributed by atoms with Crippen LogP contribution < -0.4 is 10.3 Å². The minimum Gasteiger partial charge on any atom is -0.487 e. The van der Waals surface area contributed by atoms with E-state index < -0.39 is 23.0 Å². The fourth-order valence-corrected chi connectivity index (χ4v) is 2.70. The number of pyridine rings is 3. The first-order valence-electron chi connectivity index (χ1n) is 7.75. The van der Waals surface area contributed by atoms with Crippen LogP contribution in [0.15, 0.2) is 35.4 Å². The van der Waals surface area contributed by atoms with Crippen LogP contribution in [0.25, 0.3) is 5.69 Å². The largest absolute Gasteiger partial charge is 0.487 e. The molecule has 0 amide bonds. The molecule has 27 heavy (non-hydrogen) atoms. The third kappa shape index (κ3) is 3.80. The molecular formula is C18H13ClF3N3O2. The highest BCUT2D eigenvalue weighted by atomic mass is 35.5. The zero-order valence-electron chi connectivity index (χ0n) is 14.3. The smallest absolute Gasteiger partial charge is 0.259 e. The number of aromatic nitrogens is 3. The van der Waals surface area contributed by atoms with Crippen molar-refractivity contribution >= 4 is 11.6 Å². The lowest BCUT2D eigenvalue weighted by Crippen LogP contribution is -2.22. The molecule has 0 N–H and O–H groups in total. The monoisotopic (exact) mass is 395 g/mol. The molecule has 0 aromatic carbocycles. The molecule has 5 nitrogen and oxygen atoms in total. The maximum absolute atomic E-state index is 14.4. The number of hydrogen-bond donors (Lipinski definition) is 0. The lowest BCUT2D eigenvalue weighted by Gasteiger charge is -2.15. The molecule has 0 aliphatic carbocycles. The van der Waals surface area contributed by atoms with Crippen molar-refractivity contribution in [2.24, 2.45) is 0 Å². The van der Waals surface area contributed by atoms with E-state index >= 15 is 0 Å². The number of aryl methyl sites for hydroxylation is 2. The van der Waals surface area contributed by atoms with Gasteiger partial charge in [-0.15, -0.1) is 0 Å². The molecule has 0 unspecified atom stereocenters.